The Morgan fingerprint density at radius 1 is 1.25 bits per heavy atom. The largest absolute Gasteiger partial charge is 0.407 e. The lowest BCUT2D eigenvalue weighted by molar-refractivity contribution is 0.0933. The molecule has 3 rings (SSSR count). The molecule has 1 aromatic carbocycles. The van der Waals surface area contributed by atoms with Crippen LogP contribution >= 0.6 is 11.6 Å². The molecule has 1 aromatic heterocycles. The third kappa shape index (κ3) is 7.22. The molecule has 2 N–H and O–H groups in total. The quantitative estimate of drug-likeness (QED) is 0.550. The number of aromatic nitrogens is 2. The van der Waals surface area contributed by atoms with E-state index in [2.05, 4.69) is 31.6 Å². The zero-order valence-electron chi connectivity index (χ0n) is 19.9. The summed E-state index contributed by atoms with van der Waals surface area (Å²) in [5.74, 6) is 0.732. The van der Waals surface area contributed by atoms with Crippen molar-refractivity contribution in [2.75, 3.05) is 11.9 Å². The summed E-state index contributed by atoms with van der Waals surface area (Å²) in [5.41, 5.74) is 4.02. The first-order valence-corrected chi connectivity index (χ1v) is 11.5. The van der Waals surface area contributed by atoms with E-state index in [0.717, 1.165) is 31.6 Å². The number of nitrogens with one attached hydrogen (secondary N) is 2. The molecule has 1 aliphatic rings. The Labute approximate surface area is 195 Å². The summed E-state index contributed by atoms with van der Waals surface area (Å²) in [4.78, 5) is 19.0. The van der Waals surface area contributed by atoms with E-state index >= 15 is 0 Å². The van der Waals surface area contributed by atoms with Gasteiger partial charge in [-0.25, -0.2) is 4.68 Å². The number of nitrogens with zero attached hydrogens (tertiary/aromatic N) is 2. The van der Waals surface area contributed by atoms with Crippen molar-refractivity contribution in [2.45, 2.75) is 79.0 Å². The van der Waals surface area contributed by atoms with E-state index < -0.39 is 0 Å². The highest BCUT2D eigenvalue weighted by Crippen LogP contribution is 2.27. The van der Waals surface area contributed by atoms with Crippen molar-refractivity contribution in [2.24, 2.45) is 5.41 Å². The predicted octanol–water partition coefficient (Wildman–Crippen LogP) is 5.24. The van der Waals surface area contributed by atoms with Gasteiger partial charge in [0.2, 0.25) is 0 Å². The molecule has 0 unspecified atom stereocenters. The van der Waals surface area contributed by atoms with Crippen molar-refractivity contribution in [1.29, 1.82) is 0 Å². The molecule has 1 fully saturated rings. The van der Waals surface area contributed by atoms with Gasteiger partial charge in [-0.15, -0.1) is 0 Å². The average Bonchev–Trinajstić information content (AvgIpc) is 3.29. The van der Waals surface area contributed by atoms with E-state index in [1.807, 2.05) is 31.5 Å². The monoisotopic (exact) mass is 462 g/mol. The summed E-state index contributed by atoms with van der Waals surface area (Å²) >= 11 is 6.19. The van der Waals surface area contributed by atoms with Gasteiger partial charge in [-0.3, -0.25) is 4.79 Å². The van der Waals surface area contributed by atoms with Gasteiger partial charge in [0.25, 0.3) is 5.91 Å². The summed E-state index contributed by atoms with van der Waals surface area (Å²) in [6.07, 6.45) is 2.95. The van der Waals surface area contributed by atoms with Crippen LogP contribution in [-0.4, -0.2) is 33.9 Å². The van der Waals surface area contributed by atoms with E-state index in [4.69, 9.17) is 26.3 Å². The van der Waals surface area contributed by atoms with Gasteiger partial charge in [0, 0.05) is 23.2 Å². The number of hydroxylamine groups is 1. The molecule has 2 aromatic rings. The van der Waals surface area contributed by atoms with Crippen molar-refractivity contribution in [3.63, 3.8) is 0 Å². The number of rotatable bonds is 7. The van der Waals surface area contributed by atoms with Crippen LogP contribution in [0.25, 0.3) is 0 Å². The summed E-state index contributed by atoms with van der Waals surface area (Å²) in [6, 6.07) is 6.93. The Kier molecular flexibility index (Phi) is 7.53. The molecule has 32 heavy (non-hydrogen) atoms. The van der Waals surface area contributed by atoms with Crippen molar-refractivity contribution in [3.05, 3.63) is 40.5 Å². The first kappa shape index (κ1) is 24.6. The van der Waals surface area contributed by atoms with Gasteiger partial charge >= 0.3 is 0 Å². The first-order valence-electron chi connectivity index (χ1n) is 11.1. The lowest BCUT2D eigenvalue weighted by Gasteiger charge is -2.21. The highest BCUT2D eigenvalue weighted by Gasteiger charge is 2.23. The molecule has 0 radical (unpaired) electrons. The van der Waals surface area contributed by atoms with Gasteiger partial charge in [-0.05, 0) is 63.6 Å². The predicted molar refractivity (Wildman–Crippen MR) is 127 cm³/mol. The molecule has 176 valence electrons. The molecule has 0 bridgehead atoms. The fraction of sp³-hybridized carbons (Fsp3) is 0.583. The minimum atomic E-state index is -0.311. The maximum atomic E-state index is 13.2. The lowest BCUT2D eigenvalue weighted by Crippen LogP contribution is -2.38. The third-order valence-corrected chi connectivity index (χ3v) is 5.07. The van der Waals surface area contributed by atoms with Gasteiger partial charge in [0.1, 0.15) is 5.82 Å². The number of amides is 1. The van der Waals surface area contributed by atoms with Crippen LogP contribution in [-0.2, 0) is 17.7 Å². The van der Waals surface area contributed by atoms with Crippen molar-refractivity contribution in [3.8, 4) is 5.75 Å². The van der Waals surface area contributed by atoms with Crippen molar-refractivity contribution < 1.29 is 14.4 Å². The second-order valence-electron chi connectivity index (χ2n) is 10.6. The van der Waals surface area contributed by atoms with E-state index in [9.17, 15) is 4.79 Å². The van der Waals surface area contributed by atoms with Crippen LogP contribution in [0.3, 0.4) is 0 Å². The standard InChI is InChI=1S/C24H35ClN4O3/c1-23(2,3)14-17-13-21(29(27-17)15-18-8-7-11-31-18)26-22(30)19-12-16(25)9-10-20(19)32-28-24(4,5)6/h9-10,12-13,18,28H,7-8,11,14-15H2,1-6H3,(H,26,30)/t18-/m1/s1. The fourth-order valence-corrected chi connectivity index (χ4v) is 3.65. The molecular weight excluding hydrogens is 428 g/mol. The smallest absolute Gasteiger partial charge is 0.260 e. The fourth-order valence-electron chi connectivity index (χ4n) is 3.48. The first-order chi connectivity index (χ1) is 14.9. The molecule has 7 nitrogen and oxygen atoms in total. The zero-order valence-corrected chi connectivity index (χ0v) is 20.7. The maximum absolute atomic E-state index is 13.2. The highest BCUT2D eigenvalue weighted by molar-refractivity contribution is 6.31. The molecule has 8 heteroatoms. The lowest BCUT2D eigenvalue weighted by atomic mass is 9.91. The van der Waals surface area contributed by atoms with Crippen molar-refractivity contribution in [1.82, 2.24) is 15.3 Å². The SMILES string of the molecule is CC(C)(C)Cc1cc(NC(=O)c2cc(Cl)ccc2ONC(C)(C)C)n(C[C@H]2CCCO2)n1. The van der Waals surface area contributed by atoms with Crippen LogP contribution < -0.4 is 15.6 Å². The number of ether oxygens (including phenoxy) is 1. The number of hydrogen-bond acceptors (Lipinski definition) is 5. The molecule has 1 aliphatic heterocycles. The van der Waals surface area contributed by atoms with Gasteiger partial charge in [-0.2, -0.15) is 10.6 Å². The Morgan fingerprint density at radius 3 is 2.62 bits per heavy atom. The molecular formula is C24H35ClN4O3. The highest BCUT2D eigenvalue weighted by atomic mass is 35.5. The van der Waals surface area contributed by atoms with Gasteiger partial charge in [0.15, 0.2) is 5.75 Å². The Balaban J connectivity index is 1.85. The van der Waals surface area contributed by atoms with E-state index in [1.165, 1.54) is 0 Å². The van der Waals surface area contributed by atoms with E-state index in [-0.39, 0.29) is 23.0 Å². The Hall–Kier alpha value is -2.09. The molecule has 2 heterocycles. The van der Waals surface area contributed by atoms with Crippen LogP contribution in [0.4, 0.5) is 5.82 Å². The summed E-state index contributed by atoms with van der Waals surface area (Å²) in [6.45, 7) is 13.8. The van der Waals surface area contributed by atoms with Gasteiger partial charge < -0.3 is 14.9 Å². The number of benzene rings is 1. The summed E-state index contributed by atoms with van der Waals surface area (Å²) < 4.78 is 7.63. The zero-order chi connectivity index (χ0) is 23.5. The van der Waals surface area contributed by atoms with Crippen LogP contribution in [0.2, 0.25) is 5.02 Å². The average molecular weight is 463 g/mol. The number of halogens is 1. The molecule has 0 saturated carbocycles. The Bertz CT molecular complexity index is 938. The number of carbonyl (C=O) groups excluding carboxylic acids is 1. The number of carbonyl (C=O) groups is 1. The molecule has 1 amide bonds. The number of anilines is 1. The topological polar surface area (TPSA) is 77.4 Å². The molecule has 0 aliphatic carbocycles. The molecule has 1 saturated heterocycles. The van der Waals surface area contributed by atoms with E-state index in [1.54, 1.807) is 18.2 Å². The second kappa shape index (κ2) is 9.81. The van der Waals surface area contributed by atoms with Crippen LogP contribution in [0, 0.1) is 5.41 Å². The Morgan fingerprint density at radius 2 is 2.00 bits per heavy atom. The summed E-state index contributed by atoms with van der Waals surface area (Å²) in [7, 11) is 0. The minimum absolute atomic E-state index is 0.0803. The van der Waals surface area contributed by atoms with Gasteiger partial charge in [-0.1, -0.05) is 32.4 Å². The number of hydrogen-bond donors (Lipinski definition) is 2. The third-order valence-electron chi connectivity index (χ3n) is 4.84. The maximum Gasteiger partial charge on any atom is 0.260 e. The van der Waals surface area contributed by atoms with E-state index in [0.29, 0.717) is 28.7 Å². The van der Waals surface area contributed by atoms with Crippen molar-refractivity contribution >= 4 is 23.3 Å². The van der Waals surface area contributed by atoms with Crippen LogP contribution in [0.15, 0.2) is 24.3 Å². The molecule has 0 spiro atoms. The normalized spacial score (nSPS) is 16.9. The van der Waals surface area contributed by atoms with Crippen LogP contribution in [0.1, 0.15) is 70.4 Å². The summed E-state index contributed by atoms with van der Waals surface area (Å²) in [5, 5.41) is 8.24. The van der Waals surface area contributed by atoms with Crippen LogP contribution in [0.5, 0.6) is 5.75 Å². The minimum Gasteiger partial charge on any atom is -0.407 e. The second-order valence-corrected chi connectivity index (χ2v) is 11.1. The molecule has 1 atom stereocenters. The van der Waals surface area contributed by atoms with Gasteiger partial charge in [0.05, 0.1) is 23.9 Å².